The maximum Gasteiger partial charge on any atom is 0.385 e. The van der Waals surface area contributed by atoms with Crippen molar-refractivity contribution in [1.82, 2.24) is 0 Å². The summed E-state index contributed by atoms with van der Waals surface area (Å²) in [6, 6.07) is 0. The number of alkyl halides is 32. The van der Waals surface area contributed by atoms with Gasteiger partial charge in [-0.15, -0.1) is 0 Å². The number of quaternary nitrogens is 1. The number of carbonyl (C=O) groups excluding carboxylic acids is 2. The highest BCUT2D eigenvalue weighted by atomic mass is 32.2. The molecule has 0 radical (unpaired) electrons. The molecule has 0 bridgehead atoms. The molecule has 0 saturated carbocycles. The number of halogens is 32. The molecule has 5 nitrogen and oxygen atoms in total. The number of nitrogens with zero attached hydrogens (tertiary/aromatic N) is 1. The molecule has 0 aliphatic carbocycles. The van der Waals surface area contributed by atoms with Crippen LogP contribution in [0.1, 0.15) is 6.42 Å². The molecule has 0 spiro atoms. The Bertz CT molecular complexity index is 1640. The third-order valence-electron chi connectivity index (χ3n) is 7.55. The maximum atomic E-state index is 14.2. The van der Waals surface area contributed by atoms with Gasteiger partial charge in [0.25, 0.3) is 0 Å². The summed E-state index contributed by atoms with van der Waals surface area (Å²) in [5.41, 5.74) is 0. The summed E-state index contributed by atoms with van der Waals surface area (Å²) in [5.74, 6) is -124. The van der Waals surface area contributed by atoms with Crippen LogP contribution in [0.4, 0.5) is 140 Å². The molecule has 0 aromatic carbocycles. The molecule has 0 heterocycles. The average Bonchev–Trinajstić information content (AvgIpc) is 3.09. The molecule has 0 aliphatic heterocycles. The summed E-state index contributed by atoms with van der Waals surface area (Å²) in [6.45, 7) is -7.83. The molecule has 0 amide bonds. The highest BCUT2D eigenvalue weighted by Gasteiger charge is 2.95. The van der Waals surface area contributed by atoms with Crippen LogP contribution in [0.5, 0.6) is 0 Å². The fourth-order valence-electron chi connectivity index (χ4n) is 3.68. The summed E-state index contributed by atoms with van der Waals surface area (Å²) < 4.78 is 439. The Morgan fingerprint density at radius 3 is 0.938 bits per heavy atom. The largest absolute Gasteiger partial charge is 0.459 e. The molecule has 38 heteroatoms. The Hall–Kier alpha value is -2.99. The second-order valence-electron chi connectivity index (χ2n) is 13.5. The Morgan fingerprint density at radius 1 is 0.422 bits per heavy atom. The number of rotatable bonds is 24. The third-order valence-corrected chi connectivity index (χ3v) is 9.23. The van der Waals surface area contributed by atoms with E-state index in [9.17, 15) is 150 Å². The minimum Gasteiger partial charge on any atom is -0.459 e. The van der Waals surface area contributed by atoms with Crippen molar-refractivity contribution < 1.29 is 164 Å². The first-order valence-corrected chi connectivity index (χ1v) is 16.1. The first-order valence-electron chi connectivity index (χ1n) is 15.1. The van der Waals surface area contributed by atoms with Gasteiger partial charge in [-0.2, -0.15) is 123 Å². The Morgan fingerprint density at radius 2 is 0.672 bits per heavy atom. The van der Waals surface area contributed by atoms with E-state index in [1.165, 1.54) is 0 Å². The van der Waals surface area contributed by atoms with Gasteiger partial charge in [-0.1, -0.05) is 11.8 Å². The van der Waals surface area contributed by atoms with Crippen LogP contribution < -0.4 is 0 Å². The lowest BCUT2D eigenvalue weighted by Crippen LogP contribution is -2.74. The van der Waals surface area contributed by atoms with Gasteiger partial charge in [0, 0.05) is 0 Å². The molecule has 0 aliphatic rings. The van der Waals surface area contributed by atoms with E-state index >= 15 is 0 Å². The van der Waals surface area contributed by atoms with E-state index in [1.54, 1.807) is 0 Å². The Balaban J connectivity index is 6.68. The van der Waals surface area contributed by atoms with Gasteiger partial charge < -0.3 is 14.0 Å². The Labute approximate surface area is 336 Å². The minimum atomic E-state index is -8.92. The van der Waals surface area contributed by atoms with Crippen LogP contribution in [0.25, 0.3) is 0 Å². The maximum absolute atomic E-state index is 14.2. The fraction of sp³-hybridized carbons (Fsp3) is 0.923. The van der Waals surface area contributed by atoms with E-state index in [0.717, 1.165) is 21.1 Å². The SMILES string of the molecule is C[N+](C)(C)CSC(CC(=O)OCC(F)(F)C(F)(F)C(F)(F)C(F)(F)C(F)(F)C(F)(F)C(F)(F)C(F)F)C(=O)OCC(F)(F)C(F)(F)C(F)(F)C(F)(F)C(F)(F)C(F)(F)C(F)(F)C(F)F. The van der Waals surface area contributed by atoms with Crippen LogP contribution >= 0.6 is 11.8 Å². The predicted octanol–water partition coefficient (Wildman–Crippen LogP) is 10.7. The van der Waals surface area contributed by atoms with Crippen molar-refractivity contribution in [2.45, 2.75) is 107 Å². The lowest BCUT2D eigenvalue weighted by Gasteiger charge is -2.42. The molecule has 1 atom stereocenters. The van der Waals surface area contributed by atoms with Crippen molar-refractivity contribution in [3.05, 3.63) is 0 Å². The third kappa shape index (κ3) is 9.71. The minimum absolute atomic E-state index is 0.343. The summed E-state index contributed by atoms with van der Waals surface area (Å²) >= 11 is -0.343. The monoisotopic (exact) mass is 1050 g/mol. The van der Waals surface area contributed by atoms with Gasteiger partial charge in [0.05, 0.1) is 27.6 Å². The predicted molar refractivity (Wildman–Crippen MR) is 142 cm³/mol. The standard InChI is InChI=1S/C26H20F32NO4S/c1-59(2,3)7-64-8(10(61)63-6-14(33,34)18(41,42)22(49,50)26(57,58)24(53,54)20(45,46)16(37,38)12(29)30)4-9(60)62-5-13(31,32)17(39,40)21(47,48)25(55,56)23(51,52)19(43,44)15(35,36)11(27)28/h8,11-12H,4-7H2,1-3H3/q+1. The number of esters is 2. The van der Waals surface area contributed by atoms with Crippen molar-refractivity contribution in [2.75, 3.05) is 40.2 Å². The normalized spacial score (nSPS) is 16.4. The molecule has 0 aromatic rings. The van der Waals surface area contributed by atoms with E-state index in [0.29, 0.717) is 0 Å². The van der Waals surface area contributed by atoms with Crippen LogP contribution in [-0.4, -0.2) is 158 Å². The summed E-state index contributed by atoms with van der Waals surface area (Å²) in [6.07, 6.45) is -14.7. The number of thioether (sulfide) groups is 1. The van der Waals surface area contributed by atoms with Crippen LogP contribution in [0.2, 0.25) is 0 Å². The lowest BCUT2D eigenvalue weighted by atomic mass is 9.89. The van der Waals surface area contributed by atoms with Crippen molar-refractivity contribution in [2.24, 2.45) is 0 Å². The van der Waals surface area contributed by atoms with E-state index in [2.05, 4.69) is 9.47 Å². The Kier molecular flexibility index (Phi) is 16.8. The van der Waals surface area contributed by atoms with Gasteiger partial charge in [0.1, 0.15) is 11.1 Å². The molecule has 0 fully saturated rings. The van der Waals surface area contributed by atoms with Gasteiger partial charge in [-0.3, -0.25) is 9.59 Å². The van der Waals surface area contributed by atoms with E-state index in [4.69, 9.17) is 0 Å². The zero-order chi connectivity index (χ0) is 52.3. The molecule has 0 N–H and O–H groups in total. The molecule has 64 heavy (non-hydrogen) atoms. The van der Waals surface area contributed by atoms with Gasteiger partial charge in [0.2, 0.25) is 0 Å². The average molecular weight is 1050 g/mol. The summed E-state index contributed by atoms with van der Waals surface area (Å²) in [7, 11) is 3.11. The second kappa shape index (κ2) is 17.6. The molecular weight excluding hydrogens is 1030 g/mol. The number of hydrogen-bond acceptors (Lipinski definition) is 5. The van der Waals surface area contributed by atoms with Crippen LogP contribution in [-0.2, 0) is 19.1 Å². The van der Waals surface area contributed by atoms with E-state index in [1.807, 2.05) is 0 Å². The van der Waals surface area contributed by atoms with Crippen molar-refractivity contribution >= 4 is 23.7 Å². The number of carbonyl (C=O) groups is 2. The van der Waals surface area contributed by atoms with Crippen LogP contribution in [0.3, 0.4) is 0 Å². The molecule has 382 valence electrons. The second-order valence-corrected chi connectivity index (χ2v) is 14.7. The van der Waals surface area contributed by atoms with Crippen molar-refractivity contribution in [3.8, 4) is 0 Å². The van der Waals surface area contributed by atoms with Gasteiger partial charge in [0.15, 0.2) is 13.2 Å². The zero-order valence-electron chi connectivity index (χ0n) is 30.1. The van der Waals surface area contributed by atoms with Crippen molar-refractivity contribution in [3.63, 3.8) is 0 Å². The van der Waals surface area contributed by atoms with Crippen LogP contribution in [0, 0.1) is 0 Å². The molecule has 0 rings (SSSR count). The first kappa shape index (κ1) is 61.0. The van der Waals surface area contributed by atoms with Gasteiger partial charge >= 0.3 is 108 Å². The molecule has 0 saturated heterocycles. The molecular formula is C26H20F32NO4S+. The fourth-order valence-corrected chi connectivity index (χ4v) is 4.76. The topological polar surface area (TPSA) is 52.6 Å². The number of hydrogen-bond donors (Lipinski definition) is 0. The van der Waals surface area contributed by atoms with Crippen molar-refractivity contribution in [1.29, 1.82) is 0 Å². The lowest BCUT2D eigenvalue weighted by molar-refractivity contribution is -0.857. The van der Waals surface area contributed by atoms with E-state index < -0.39 is 143 Å². The summed E-state index contributed by atoms with van der Waals surface area (Å²) in [4.78, 5) is 24.4. The molecule has 0 aromatic heterocycles. The highest BCUT2D eigenvalue weighted by Crippen LogP contribution is 2.64. The first-order chi connectivity index (χ1) is 27.5. The van der Waals surface area contributed by atoms with E-state index in [-0.39, 0.29) is 11.8 Å². The quantitative estimate of drug-likeness (QED) is 0.0417. The molecule has 1 unspecified atom stereocenters. The smallest absolute Gasteiger partial charge is 0.385 e. The number of ether oxygens (including phenoxy) is 2. The van der Waals surface area contributed by atoms with Gasteiger partial charge in [-0.05, 0) is 0 Å². The van der Waals surface area contributed by atoms with Gasteiger partial charge in [-0.25, -0.2) is 17.6 Å². The van der Waals surface area contributed by atoms with Crippen LogP contribution in [0.15, 0.2) is 0 Å². The zero-order valence-corrected chi connectivity index (χ0v) is 31.0. The summed E-state index contributed by atoms with van der Waals surface area (Å²) in [5, 5.41) is -2.98. The highest BCUT2D eigenvalue weighted by molar-refractivity contribution is 8.00.